The van der Waals surface area contributed by atoms with Crippen LogP contribution in [0.2, 0.25) is 0 Å². The molecule has 1 heterocycles. The third kappa shape index (κ3) is 1.95. The van der Waals surface area contributed by atoms with Gasteiger partial charge in [0.1, 0.15) is 5.78 Å². The van der Waals surface area contributed by atoms with Crippen molar-refractivity contribution in [3.05, 3.63) is 29.8 Å². The molecule has 0 saturated heterocycles. The van der Waals surface area contributed by atoms with Gasteiger partial charge < -0.3 is 5.32 Å². The molecule has 0 fully saturated rings. The van der Waals surface area contributed by atoms with Crippen molar-refractivity contribution in [3.8, 4) is 0 Å². The Morgan fingerprint density at radius 2 is 2.29 bits per heavy atom. The molecule has 14 heavy (non-hydrogen) atoms. The van der Waals surface area contributed by atoms with E-state index in [-0.39, 0.29) is 5.78 Å². The smallest absolute Gasteiger partial charge is 0.131 e. The maximum Gasteiger partial charge on any atom is 0.131 e. The molecule has 1 atom stereocenters. The standard InChI is InChI=1S/C12H15NO/c1-9(14)8-11-7-6-10-4-2-3-5-12(10)13-11/h2-5,11,13H,6-8H2,1H3/t11-/m1/s1. The number of hydrogen-bond acceptors (Lipinski definition) is 2. The number of nitrogens with one attached hydrogen (secondary N) is 1. The van der Waals surface area contributed by atoms with E-state index in [1.807, 2.05) is 6.07 Å². The summed E-state index contributed by atoms with van der Waals surface area (Å²) in [4.78, 5) is 11.0. The Morgan fingerprint density at radius 1 is 1.50 bits per heavy atom. The summed E-state index contributed by atoms with van der Waals surface area (Å²) in [5.41, 5.74) is 2.57. The van der Waals surface area contributed by atoms with Gasteiger partial charge in [-0.25, -0.2) is 0 Å². The van der Waals surface area contributed by atoms with Crippen molar-refractivity contribution in [2.45, 2.75) is 32.2 Å². The number of fused-ring (bicyclic) bond motifs is 1. The zero-order valence-corrected chi connectivity index (χ0v) is 8.42. The van der Waals surface area contributed by atoms with Gasteiger partial charge in [-0.1, -0.05) is 18.2 Å². The number of carbonyl (C=O) groups is 1. The van der Waals surface area contributed by atoms with E-state index < -0.39 is 0 Å². The zero-order valence-electron chi connectivity index (χ0n) is 8.42. The van der Waals surface area contributed by atoms with Crippen LogP contribution in [0.3, 0.4) is 0 Å². The molecular formula is C12H15NO. The van der Waals surface area contributed by atoms with E-state index in [2.05, 4.69) is 23.5 Å². The lowest BCUT2D eigenvalue weighted by Crippen LogP contribution is -2.27. The third-order valence-electron chi connectivity index (χ3n) is 2.67. The van der Waals surface area contributed by atoms with Crippen LogP contribution >= 0.6 is 0 Å². The summed E-state index contributed by atoms with van der Waals surface area (Å²) in [5.74, 6) is 0.266. The summed E-state index contributed by atoms with van der Waals surface area (Å²) in [6, 6.07) is 8.66. The van der Waals surface area contributed by atoms with Crippen molar-refractivity contribution in [2.75, 3.05) is 5.32 Å². The minimum Gasteiger partial charge on any atom is -0.382 e. The van der Waals surface area contributed by atoms with Crippen LogP contribution in [0, 0.1) is 0 Å². The van der Waals surface area contributed by atoms with E-state index in [0.29, 0.717) is 12.5 Å². The Morgan fingerprint density at radius 3 is 3.07 bits per heavy atom. The Kier molecular flexibility index (Phi) is 2.53. The largest absolute Gasteiger partial charge is 0.382 e. The number of hydrogen-bond donors (Lipinski definition) is 1. The highest BCUT2D eigenvalue weighted by molar-refractivity contribution is 5.76. The van der Waals surface area contributed by atoms with Gasteiger partial charge in [0.05, 0.1) is 0 Å². The second kappa shape index (κ2) is 3.82. The Balaban J connectivity index is 2.09. The van der Waals surface area contributed by atoms with Crippen molar-refractivity contribution in [3.63, 3.8) is 0 Å². The predicted molar refractivity (Wildman–Crippen MR) is 57.5 cm³/mol. The van der Waals surface area contributed by atoms with Crippen molar-refractivity contribution in [1.82, 2.24) is 0 Å². The van der Waals surface area contributed by atoms with Crippen LogP contribution in [-0.2, 0) is 11.2 Å². The quantitative estimate of drug-likeness (QED) is 0.774. The van der Waals surface area contributed by atoms with Gasteiger partial charge in [0.2, 0.25) is 0 Å². The topological polar surface area (TPSA) is 29.1 Å². The summed E-state index contributed by atoms with van der Waals surface area (Å²) in [5, 5.41) is 3.41. The predicted octanol–water partition coefficient (Wildman–Crippen LogP) is 2.39. The van der Waals surface area contributed by atoms with E-state index in [9.17, 15) is 4.79 Å². The zero-order chi connectivity index (χ0) is 9.97. The van der Waals surface area contributed by atoms with E-state index in [1.54, 1.807) is 6.92 Å². The number of anilines is 1. The van der Waals surface area contributed by atoms with Gasteiger partial charge in [-0.3, -0.25) is 4.79 Å². The Labute approximate surface area is 84.3 Å². The summed E-state index contributed by atoms with van der Waals surface area (Å²) in [7, 11) is 0. The van der Waals surface area contributed by atoms with Crippen LogP contribution in [0.1, 0.15) is 25.3 Å². The SMILES string of the molecule is CC(=O)C[C@H]1CCc2ccccc2N1. The van der Waals surface area contributed by atoms with Gasteiger partial charge in [-0.05, 0) is 31.4 Å². The molecule has 1 N–H and O–H groups in total. The van der Waals surface area contributed by atoms with E-state index in [4.69, 9.17) is 0 Å². The van der Waals surface area contributed by atoms with E-state index in [0.717, 1.165) is 12.8 Å². The molecule has 0 spiro atoms. The molecule has 74 valence electrons. The molecular weight excluding hydrogens is 174 g/mol. The van der Waals surface area contributed by atoms with Gasteiger partial charge in [-0.2, -0.15) is 0 Å². The number of Topliss-reactive ketones (excluding diaryl/α,β-unsaturated/α-hetero) is 1. The fourth-order valence-electron chi connectivity index (χ4n) is 2.00. The fourth-order valence-corrected chi connectivity index (χ4v) is 2.00. The highest BCUT2D eigenvalue weighted by Gasteiger charge is 2.17. The fraction of sp³-hybridized carbons (Fsp3) is 0.417. The first kappa shape index (κ1) is 9.25. The molecule has 1 aromatic carbocycles. The molecule has 0 radical (unpaired) electrons. The highest BCUT2D eigenvalue weighted by Crippen LogP contribution is 2.25. The second-order valence-electron chi connectivity index (χ2n) is 3.94. The maximum atomic E-state index is 11.0. The summed E-state index contributed by atoms with van der Waals surface area (Å²) >= 11 is 0. The Hall–Kier alpha value is -1.31. The van der Waals surface area contributed by atoms with Crippen LogP contribution < -0.4 is 5.32 Å². The number of para-hydroxylation sites is 1. The molecule has 0 aromatic heterocycles. The maximum absolute atomic E-state index is 11.0. The molecule has 1 aliphatic rings. The van der Waals surface area contributed by atoms with Crippen molar-refractivity contribution >= 4 is 11.5 Å². The molecule has 1 aromatic rings. The van der Waals surface area contributed by atoms with Gasteiger partial charge in [0.15, 0.2) is 0 Å². The average molecular weight is 189 g/mol. The van der Waals surface area contributed by atoms with Crippen molar-refractivity contribution in [2.24, 2.45) is 0 Å². The van der Waals surface area contributed by atoms with Gasteiger partial charge >= 0.3 is 0 Å². The third-order valence-corrected chi connectivity index (χ3v) is 2.67. The Bertz CT molecular complexity index is 346. The molecule has 0 saturated carbocycles. The molecule has 0 amide bonds. The van der Waals surface area contributed by atoms with Crippen LogP contribution in [0.4, 0.5) is 5.69 Å². The molecule has 0 bridgehead atoms. The summed E-state index contributed by atoms with van der Waals surface area (Å²) < 4.78 is 0. The summed E-state index contributed by atoms with van der Waals surface area (Å²) in [6.07, 6.45) is 2.80. The number of rotatable bonds is 2. The van der Waals surface area contributed by atoms with Gasteiger partial charge in [-0.15, -0.1) is 0 Å². The lowest BCUT2D eigenvalue weighted by atomic mass is 9.95. The van der Waals surface area contributed by atoms with E-state index in [1.165, 1.54) is 11.3 Å². The number of carbonyl (C=O) groups excluding carboxylic acids is 1. The van der Waals surface area contributed by atoms with Crippen molar-refractivity contribution < 1.29 is 4.79 Å². The van der Waals surface area contributed by atoms with Gasteiger partial charge in [0, 0.05) is 18.2 Å². The lowest BCUT2D eigenvalue weighted by molar-refractivity contribution is -0.117. The molecule has 2 nitrogen and oxygen atoms in total. The van der Waals surface area contributed by atoms with Gasteiger partial charge in [0.25, 0.3) is 0 Å². The van der Waals surface area contributed by atoms with Crippen LogP contribution in [-0.4, -0.2) is 11.8 Å². The first-order chi connectivity index (χ1) is 6.75. The molecule has 0 aliphatic carbocycles. The lowest BCUT2D eigenvalue weighted by Gasteiger charge is -2.26. The normalized spacial score (nSPS) is 19.6. The number of benzene rings is 1. The van der Waals surface area contributed by atoms with Crippen LogP contribution in [0.5, 0.6) is 0 Å². The second-order valence-corrected chi connectivity index (χ2v) is 3.94. The van der Waals surface area contributed by atoms with Crippen LogP contribution in [0.15, 0.2) is 24.3 Å². The first-order valence-corrected chi connectivity index (χ1v) is 5.09. The van der Waals surface area contributed by atoms with Crippen LogP contribution in [0.25, 0.3) is 0 Å². The molecule has 0 unspecified atom stereocenters. The monoisotopic (exact) mass is 189 g/mol. The average Bonchev–Trinajstić information content (AvgIpc) is 2.17. The highest BCUT2D eigenvalue weighted by atomic mass is 16.1. The molecule has 2 heteroatoms. The minimum atomic E-state index is 0.266. The minimum absolute atomic E-state index is 0.266. The molecule has 2 rings (SSSR count). The van der Waals surface area contributed by atoms with Crippen molar-refractivity contribution in [1.29, 1.82) is 0 Å². The number of ketones is 1. The first-order valence-electron chi connectivity index (χ1n) is 5.09. The van der Waals surface area contributed by atoms with E-state index >= 15 is 0 Å². The number of aryl methyl sites for hydroxylation is 1. The molecule has 1 aliphatic heterocycles. The summed E-state index contributed by atoms with van der Waals surface area (Å²) in [6.45, 7) is 1.65.